The predicted octanol–water partition coefficient (Wildman–Crippen LogP) is 1.83. The molecule has 2 N–H and O–H groups in total. The van der Waals surface area contributed by atoms with Gasteiger partial charge in [-0.2, -0.15) is 0 Å². The minimum absolute atomic E-state index is 0.0161. The van der Waals surface area contributed by atoms with E-state index in [1.54, 1.807) is 6.92 Å². The lowest BCUT2D eigenvalue weighted by atomic mass is 9.89. The summed E-state index contributed by atoms with van der Waals surface area (Å²) in [5, 5.41) is 12.0. The SMILES string of the molecule is CC(O)CNC(=O)C(C)N1CCC(Cc2ccccc2)CC1. The van der Waals surface area contributed by atoms with Gasteiger partial charge in [0.05, 0.1) is 12.1 Å². The molecule has 0 aromatic heterocycles. The van der Waals surface area contributed by atoms with Crippen molar-refractivity contribution in [3.63, 3.8) is 0 Å². The number of aliphatic hydroxyl groups excluding tert-OH is 1. The molecule has 0 radical (unpaired) electrons. The predicted molar refractivity (Wildman–Crippen MR) is 88.6 cm³/mol. The molecule has 1 fully saturated rings. The first-order valence-electron chi connectivity index (χ1n) is 8.30. The molecule has 1 aromatic carbocycles. The Balaban J connectivity index is 1.75. The maximum Gasteiger partial charge on any atom is 0.237 e. The number of aliphatic hydroxyl groups is 1. The Hall–Kier alpha value is -1.39. The van der Waals surface area contributed by atoms with Crippen molar-refractivity contribution in [2.24, 2.45) is 5.92 Å². The Bertz CT molecular complexity index is 453. The summed E-state index contributed by atoms with van der Waals surface area (Å²) >= 11 is 0. The van der Waals surface area contributed by atoms with E-state index in [4.69, 9.17) is 0 Å². The van der Waals surface area contributed by atoms with Gasteiger partial charge in [-0.05, 0) is 57.7 Å². The summed E-state index contributed by atoms with van der Waals surface area (Å²) in [6, 6.07) is 10.5. The van der Waals surface area contributed by atoms with Crippen LogP contribution in [0.4, 0.5) is 0 Å². The number of carbonyl (C=O) groups is 1. The molecule has 1 aliphatic rings. The third kappa shape index (κ3) is 5.11. The average molecular weight is 304 g/mol. The summed E-state index contributed by atoms with van der Waals surface area (Å²) < 4.78 is 0. The number of hydrogen-bond acceptors (Lipinski definition) is 3. The second-order valence-corrected chi connectivity index (χ2v) is 6.44. The number of nitrogens with one attached hydrogen (secondary N) is 1. The Kier molecular flexibility index (Phi) is 6.40. The molecule has 4 heteroatoms. The molecular weight excluding hydrogens is 276 g/mol. The van der Waals surface area contributed by atoms with Crippen molar-refractivity contribution in [1.29, 1.82) is 0 Å². The number of rotatable bonds is 6. The minimum atomic E-state index is -0.493. The van der Waals surface area contributed by atoms with Gasteiger partial charge in [-0.3, -0.25) is 9.69 Å². The molecule has 1 heterocycles. The minimum Gasteiger partial charge on any atom is -0.392 e. The van der Waals surface area contributed by atoms with Crippen LogP contribution in [0.15, 0.2) is 30.3 Å². The van der Waals surface area contributed by atoms with Gasteiger partial charge in [0, 0.05) is 6.54 Å². The summed E-state index contributed by atoms with van der Waals surface area (Å²) in [4.78, 5) is 14.3. The van der Waals surface area contributed by atoms with Gasteiger partial charge in [0.2, 0.25) is 5.91 Å². The van der Waals surface area contributed by atoms with E-state index in [0.29, 0.717) is 12.5 Å². The van der Waals surface area contributed by atoms with Crippen molar-refractivity contribution < 1.29 is 9.90 Å². The molecule has 0 saturated carbocycles. The molecule has 22 heavy (non-hydrogen) atoms. The second-order valence-electron chi connectivity index (χ2n) is 6.44. The van der Waals surface area contributed by atoms with Crippen LogP contribution in [-0.4, -0.2) is 47.7 Å². The van der Waals surface area contributed by atoms with E-state index < -0.39 is 6.10 Å². The molecule has 0 spiro atoms. The number of carbonyl (C=O) groups excluding carboxylic acids is 1. The van der Waals surface area contributed by atoms with Crippen molar-refractivity contribution in [3.8, 4) is 0 Å². The summed E-state index contributed by atoms with van der Waals surface area (Å²) in [7, 11) is 0. The van der Waals surface area contributed by atoms with Crippen LogP contribution < -0.4 is 5.32 Å². The van der Waals surface area contributed by atoms with Crippen LogP contribution in [0.3, 0.4) is 0 Å². The molecule has 0 bridgehead atoms. The highest BCUT2D eigenvalue weighted by Crippen LogP contribution is 2.22. The van der Waals surface area contributed by atoms with Gasteiger partial charge in [-0.1, -0.05) is 30.3 Å². The third-order valence-electron chi connectivity index (χ3n) is 4.52. The van der Waals surface area contributed by atoms with E-state index in [0.717, 1.165) is 32.4 Å². The molecule has 2 rings (SSSR count). The number of likely N-dealkylation sites (tertiary alicyclic amines) is 1. The van der Waals surface area contributed by atoms with Crippen molar-refractivity contribution in [2.75, 3.05) is 19.6 Å². The molecule has 1 aromatic rings. The zero-order valence-corrected chi connectivity index (χ0v) is 13.7. The molecule has 1 amide bonds. The van der Waals surface area contributed by atoms with E-state index in [1.165, 1.54) is 5.56 Å². The van der Waals surface area contributed by atoms with Gasteiger partial charge in [0.25, 0.3) is 0 Å². The maximum absolute atomic E-state index is 12.1. The number of amides is 1. The van der Waals surface area contributed by atoms with E-state index >= 15 is 0 Å². The zero-order chi connectivity index (χ0) is 15.9. The van der Waals surface area contributed by atoms with Gasteiger partial charge >= 0.3 is 0 Å². The van der Waals surface area contributed by atoms with Gasteiger partial charge in [0.15, 0.2) is 0 Å². The van der Waals surface area contributed by atoms with Crippen LogP contribution in [0.2, 0.25) is 0 Å². The van der Waals surface area contributed by atoms with Gasteiger partial charge in [-0.25, -0.2) is 0 Å². The van der Waals surface area contributed by atoms with Crippen LogP contribution in [-0.2, 0) is 11.2 Å². The van der Waals surface area contributed by atoms with E-state index in [9.17, 15) is 9.90 Å². The normalized spacial score (nSPS) is 19.6. The van der Waals surface area contributed by atoms with Crippen LogP contribution in [0.1, 0.15) is 32.3 Å². The lowest BCUT2D eigenvalue weighted by Crippen LogP contribution is -2.49. The Labute approximate surface area is 133 Å². The summed E-state index contributed by atoms with van der Waals surface area (Å²) in [5.41, 5.74) is 1.41. The maximum atomic E-state index is 12.1. The number of piperidine rings is 1. The van der Waals surface area contributed by atoms with Gasteiger partial charge in [0.1, 0.15) is 0 Å². The first-order chi connectivity index (χ1) is 10.6. The average Bonchev–Trinajstić information content (AvgIpc) is 2.53. The Morgan fingerprint density at radius 2 is 1.91 bits per heavy atom. The molecular formula is C18H28N2O2. The van der Waals surface area contributed by atoms with E-state index in [1.807, 2.05) is 6.92 Å². The van der Waals surface area contributed by atoms with Crippen molar-refractivity contribution in [3.05, 3.63) is 35.9 Å². The molecule has 1 saturated heterocycles. The van der Waals surface area contributed by atoms with E-state index in [-0.39, 0.29) is 11.9 Å². The molecule has 2 unspecified atom stereocenters. The largest absolute Gasteiger partial charge is 0.392 e. The van der Waals surface area contributed by atoms with Crippen molar-refractivity contribution in [1.82, 2.24) is 10.2 Å². The first kappa shape index (κ1) is 17.0. The first-order valence-corrected chi connectivity index (χ1v) is 8.30. The third-order valence-corrected chi connectivity index (χ3v) is 4.52. The number of nitrogens with zero attached hydrogens (tertiary/aromatic N) is 1. The lowest BCUT2D eigenvalue weighted by molar-refractivity contribution is -0.126. The Morgan fingerprint density at radius 1 is 1.27 bits per heavy atom. The van der Waals surface area contributed by atoms with Crippen molar-refractivity contribution in [2.45, 2.75) is 45.3 Å². The fraction of sp³-hybridized carbons (Fsp3) is 0.611. The number of benzene rings is 1. The summed E-state index contributed by atoms with van der Waals surface area (Å²) in [6.45, 7) is 5.91. The highest BCUT2D eigenvalue weighted by atomic mass is 16.3. The monoisotopic (exact) mass is 304 g/mol. The molecule has 122 valence electrons. The second kappa shape index (κ2) is 8.30. The van der Waals surface area contributed by atoms with Crippen molar-refractivity contribution >= 4 is 5.91 Å². The number of hydrogen-bond donors (Lipinski definition) is 2. The standard InChI is InChI=1S/C18H28N2O2/c1-14(21)13-19-18(22)15(2)20-10-8-17(9-11-20)12-16-6-4-3-5-7-16/h3-7,14-15,17,21H,8-13H2,1-2H3,(H,19,22). The molecule has 1 aliphatic heterocycles. The summed E-state index contributed by atoms with van der Waals surface area (Å²) in [6.07, 6.45) is 2.93. The molecule has 4 nitrogen and oxygen atoms in total. The van der Waals surface area contributed by atoms with Crippen LogP contribution in [0, 0.1) is 5.92 Å². The van der Waals surface area contributed by atoms with Crippen LogP contribution >= 0.6 is 0 Å². The smallest absolute Gasteiger partial charge is 0.237 e. The van der Waals surface area contributed by atoms with Gasteiger partial charge in [-0.15, -0.1) is 0 Å². The highest BCUT2D eigenvalue weighted by molar-refractivity contribution is 5.81. The lowest BCUT2D eigenvalue weighted by Gasteiger charge is -2.35. The fourth-order valence-electron chi connectivity index (χ4n) is 3.05. The van der Waals surface area contributed by atoms with E-state index in [2.05, 4.69) is 40.5 Å². The zero-order valence-electron chi connectivity index (χ0n) is 13.7. The highest BCUT2D eigenvalue weighted by Gasteiger charge is 2.26. The molecule has 2 atom stereocenters. The quantitative estimate of drug-likeness (QED) is 0.843. The summed E-state index contributed by atoms with van der Waals surface area (Å²) in [5.74, 6) is 0.730. The topological polar surface area (TPSA) is 52.6 Å². The van der Waals surface area contributed by atoms with Gasteiger partial charge < -0.3 is 10.4 Å². The fourth-order valence-corrected chi connectivity index (χ4v) is 3.05. The van der Waals surface area contributed by atoms with Crippen LogP contribution in [0.5, 0.6) is 0 Å². The molecule has 0 aliphatic carbocycles. The Morgan fingerprint density at radius 3 is 2.50 bits per heavy atom. The van der Waals surface area contributed by atoms with Crippen LogP contribution in [0.25, 0.3) is 0 Å².